The van der Waals surface area contributed by atoms with Crippen LogP contribution in [0.5, 0.6) is 0 Å². The molecule has 6 heteroatoms. The van der Waals surface area contributed by atoms with Crippen LogP contribution in [0.2, 0.25) is 0 Å². The first-order chi connectivity index (χ1) is 5.70. The van der Waals surface area contributed by atoms with Gasteiger partial charge in [0.15, 0.2) is 0 Å². The van der Waals surface area contributed by atoms with Gasteiger partial charge in [-0.15, -0.1) is 50.9 Å². The number of hydrogen-bond donors (Lipinski definition) is 1. The number of halogens is 3. The van der Waals surface area contributed by atoms with Crippen LogP contribution in [-0.2, 0) is 0 Å². The van der Waals surface area contributed by atoms with E-state index in [0.717, 1.165) is 12.6 Å². The first-order valence-corrected chi connectivity index (χ1v) is 4.76. The Morgan fingerprint density at radius 1 is 1.07 bits per heavy atom. The molecule has 96 valence electrons. The summed E-state index contributed by atoms with van der Waals surface area (Å²) in [4.78, 5) is 4.69. The molecule has 0 spiro atoms. The third-order valence-electron chi connectivity index (χ3n) is 2.56. The zero-order valence-electron chi connectivity index (χ0n) is 9.73. The maximum absolute atomic E-state index is 3.39. The fraction of sp³-hybridized carbons (Fsp3) is 1.00. The van der Waals surface area contributed by atoms with Gasteiger partial charge in [0.1, 0.15) is 0 Å². The monoisotopic (exact) mass is 411 g/mol. The fourth-order valence-corrected chi connectivity index (χ4v) is 1.56. The lowest BCUT2D eigenvalue weighted by molar-refractivity contribution is 0.228. The van der Waals surface area contributed by atoms with Crippen molar-refractivity contribution in [2.45, 2.75) is 12.5 Å². The van der Waals surface area contributed by atoms with Gasteiger partial charge in [0.05, 0.1) is 0 Å². The molecule has 1 N–H and O–H groups in total. The second-order valence-corrected chi connectivity index (χ2v) is 3.93. The average molecular weight is 414 g/mol. The SMILES string of the molecule is Br.Br.Br.CN(C)CCN(C)[C@H]1CCNC1. The molecule has 0 unspecified atom stereocenters. The largest absolute Gasteiger partial charge is 0.315 e. The quantitative estimate of drug-likeness (QED) is 0.754. The van der Waals surface area contributed by atoms with Crippen LogP contribution in [0.15, 0.2) is 0 Å². The highest BCUT2D eigenvalue weighted by atomic mass is 79.9. The minimum atomic E-state index is 0. The molecular weight excluding hydrogens is 390 g/mol. The molecule has 0 radical (unpaired) electrons. The van der Waals surface area contributed by atoms with E-state index in [-0.39, 0.29) is 50.9 Å². The molecule has 0 saturated carbocycles. The molecule has 0 aromatic carbocycles. The van der Waals surface area contributed by atoms with E-state index < -0.39 is 0 Å². The molecule has 1 heterocycles. The lowest BCUT2D eigenvalue weighted by Gasteiger charge is -2.24. The molecule has 15 heavy (non-hydrogen) atoms. The maximum Gasteiger partial charge on any atom is 0.0230 e. The highest BCUT2D eigenvalue weighted by Gasteiger charge is 2.18. The number of likely N-dealkylation sites (N-methyl/N-ethyl adjacent to an activating group) is 2. The molecule has 1 fully saturated rings. The minimum Gasteiger partial charge on any atom is -0.315 e. The Kier molecular flexibility index (Phi) is 17.0. The van der Waals surface area contributed by atoms with Gasteiger partial charge in [-0.05, 0) is 34.1 Å². The minimum absolute atomic E-state index is 0. The summed E-state index contributed by atoms with van der Waals surface area (Å²) < 4.78 is 0. The van der Waals surface area contributed by atoms with E-state index in [1.165, 1.54) is 26.1 Å². The van der Waals surface area contributed by atoms with Crippen LogP contribution >= 0.6 is 50.9 Å². The second-order valence-electron chi connectivity index (χ2n) is 3.93. The van der Waals surface area contributed by atoms with Crippen molar-refractivity contribution in [2.24, 2.45) is 0 Å². The lowest BCUT2D eigenvalue weighted by atomic mass is 10.2. The molecular formula is C9H24Br3N3. The Labute approximate surface area is 125 Å². The Bertz CT molecular complexity index is 130. The van der Waals surface area contributed by atoms with E-state index in [0.29, 0.717) is 0 Å². The van der Waals surface area contributed by atoms with Crippen LogP contribution in [0.4, 0.5) is 0 Å². The van der Waals surface area contributed by atoms with Crippen molar-refractivity contribution in [1.29, 1.82) is 0 Å². The van der Waals surface area contributed by atoms with Gasteiger partial charge in [0, 0.05) is 25.7 Å². The van der Waals surface area contributed by atoms with Gasteiger partial charge in [-0.2, -0.15) is 0 Å². The molecule has 1 atom stereocenters. The normalized spacial score (nSPS) is 19.4. The summed E-state index contributed by atoms with van der Waals surface area (Å²) in [6.07, 6.45) is 1.31. The molecule has 1 rings (SSSR count). The van der Waals surface area contributed by atoms with Crippen LogP contribution in [-0.4, -0.2) is 63.2 Å². The Morgan fingerprint density at radius 3 is 2.07 bits per heavy atom. The van der Waals surface area contributed by atoms with Crippen LogP contribution in [0.1, 0.15) is 6.42 Å². The maximum atomic E-state index is 3.39. The predicted molar refractivity (Wildman–Crippen MR) is 83.4 cm³/mol. The Balaban J connectivity index is -0.000000480. The molecule has 0 aliphatic carbocycles. The number of rotatable bonds is 4. The van der Waals surface area contributed by atoms with Gasteiger partial charge in [-0.25, -0.2) is 0 Å². The molecule has 3 nitrogen and oxygen atoms in total. The molecule has 0 amide bonds. The molecule has 1 aliphatic rings. The van der Waals surface area contributed by atoms with E-state index in [1.54, 1.807) is 0 Å². The van der Waals surface area contributed by atoms with Gasteiger partial charge >= 0.3 is 0 Å². The highest BCUT2D eigenvalue weighted by molar-refractivity contribution is 8.93. The summed E-state index contributed by atoms with van der Waals surface area (Å²) in [6.45, 7) is 4.70. The molecule has 0 bridgehead atoms. The predicted octanol–water partition coefficient (Wildman–Crippen LogP) is 1.58. The van der Waals surface area contributed by atoms with E-state index in [1.807, 2.05) is 0 Å². The molecule has 0 aromatic rings. The molecule has 1 saturated heterocycles. The van der Waals surface area contributed by atoms with Gasteiger partial charge in [0.2, 0.25) is 0 Å². The van der Waals surface area contributed by atoms with E-state index in [9.17, 15) is 0 Å². The van der Waals surface area contributed by atoms with E-state index >= 15 is 0 Å². The van der Waals surface area contributed by atoms with Gasteiger partial charge in [-0.1, -0.05) is 0 Å². The van der Waals surface area contributed by atoms with Crippen LogP contribution in [0.25, 0.3) is 0 Å². The summed E-state index contributed by atoms with van der Waals surface area (Å²) >= 11 is 0. The summed E-state index contributed by atoms with van der Waals surface area (Å²) in [5.41, 5.74) is 0. The van der Waals surface area contributed by atoms with Gasteiger partial charge < -0.3 is 15.1 Å². The number of nitrogens with one attached hydrogen (secondary N) is 1. The first kappa shape index (κ1) is 21.6. The molecule has 1 aliphatic heterocycles. The third kappa shape index (κ3) is 9.06. The zero-order valence-corrected chi connectivity index (χ0v) is 14.9. The number of nitrogens with zero attached hydrogens (tertiary/aromatic N) is 2. The molecule has 0 aromatic heterocycles. The van der Waals surface area contributed by atoms with Gasteiger partial charge in [0.25, 0.3) is 0 Å². The summed E-state index contributed by atoms with van der Waals surface area (Å²) in [5.74, 6) is 0. The Hall–Kier alpha value is 1.32. The van der Waals surface area contributed by atoms with Crippen LogP contribution < -0.4 is 5.32 Å². The Morgan fingerprint density at radius 2 is 1.67 bits per heavy atom. The van der Waals surface area contributed by atoms with E-state index in [2.05, 4.69) is 36.3 Å². The highest BCUT2D eigenvalue weighted by Crippen LogP contribution is 2.04. The smallest absolute Gasteiger partial charge is 0.0230 e. The number of hydrogen-bond acceptors (Lipinski definition) is 3. The van der Waals surface area contributed by atoms with Crippen molar-refractivity contribution in [3.8, 4) is 0 Å². The summed E-state index contributed by atoms with van der Waals surface area (Å²) in [6, 6.07) is 0.768. The second kappa shape index (κ2) is 11.8. The summed E-state index contributed by atoms with van der Waals surface area (Å²) in [7, 11) is 6.47. The van der Waals surface area contributed by atoms with Crippen LogP contribution in [0, 0.1) is 0 Å². The first-order valence-electron chi connectivity index (χ1n) is 4.76. The van der Waals surface area contributed by atoms with Crippen molar-refractivity contribution < 1.29 is 0 Å². The van der Waals surface area contributed by atoms with Crippen LogP contribution in [0.3, 0.4) is 0 Å². The topological polar surface area (TPSA) is 18.5 Å². The van der Waals surface area contributed by atoms with Crippen molar-refractivity contribution in [3.05, 3.63) is 0 Å². The fourth-order valence-electron chi connectivity index (χ4n) is 1.56. The lowest BCUT2D eigenvalue weighted by Crippen LogP contribution is -2.37. The standard InChI is InChI=1S/C9H21N3.3BrH/c1-11(2)6-7-12(3)9-4-5-10-8-9;;;/h9-10H,4-8H2,1-3H3;3*1H/t9-;;;/m0.../s1. The van der Waals surface area contributed by atoms with Gasteiger partial charge in [-0.3, -0.25) is 0 Å². The van der Waals surface area contributed by atoms with Crippen molar-refractivity contribution in [3.63, 3.8) is 0 Å². The van der Waals surface area contributed by atoms with E-state index in [4.69, 9.17) is 0 Å². The summed E-state index contributed by atoms with van der Waals surface area (Å²) in [5, 5.41) is 3.39. The third-order valence-corrected chi connectivity index (χ3v) is 2.56. The van der Waals surface area contributed by atoms with Crippen molar-refractivity contribution >= 4 is 50.9 Å². The van der Waals surface area contributed by atoms with Crippen molar-refractivity contribution in [1.82, 2.24) is 15.1 Å². The van der Waals surface area contributed by atoms with Crippen molar-refractivity contribution in [2.75, 3.05) is 47.3 Å². The zero-order chi connectivity index (χ0) is 8.97. The average Bonchev–Trinajstić information content (AvgIpc) is 2.51.